The van der Waals surface area contributed by atoms with E-state index in [9.17, 15) is 0 Å². The van der Waals surface area contributed by atoms with E-state index < -0.39 is 0 Å². The summed E-state index contributed by atoms with van der Waals surface area (Å²) in [5.41, 5.74) is 24.7. The van der Waals surface area contributed by atoms with Crippen molar-refractivity contribution in [2.75, 3.05) is 11.5 Å². The highest BCUT2D eigenvalue weighted by Crippen LogP contribution is 2.25. The summed E-state index contributed by atoms with van der Waals surface area (Å²) in [7, 11) is 0. The van der Waals surface area contributed by atoms with Crippen LogP contribution in [0.3, 0.4) is 0 Å². The summed E-state index contributed by atoms with van der Waals surface area (Å²) in [6.07, 6.45) is 16.5. The lowest BCUT2D eigenvalue weighted by molar-refractivity contribution is 1.30. The number of nitrogens with two attached hydrogens (primary N) is 2. The van der Waals surface area contributed by atoms with E-state index in [2.05, 4.69) is 82.8 Å². The lowest BCUT2D eigenvalue weighted by Gasteiger charge is -1.99. The quantitative estimate of drug-likeness (QED) is 0.168. The largest absolute Gasteiger partial charge is 0.399 e. The molecule has 2 aromatic carbocycles. The zero-order valence-corrected chi connectivity index (χ0v) is 22.8. The van der Waals surface area contributed by atoms with Gasteiger partial charge in [0, 0.05) is 44.6 Å². The van der Waals surface area contributed by atoms with Crippen LogP contribution in [-0.2, 0) is 0 Å². The van der Waals surface area contributed by atoms with Crippen molar-refractivity contribution < 1.29 is 0 Å². The van der Waals surface area contributed by atoms with Gasteiger partial charge in [-0.1, -0.05) is 48.6 Å². The van der Waals surface area contributed by atoms with Crippen LogP contribution >= 0.6 is 0 Å². The van der Waals surface area contributed by atoms with Gasteiger partial charge in [0.1, 0.15) is 0 Å². The normalized spacial score (nSPS) is 12.6. The van der Waals surface area contributed by atoms with Crippen LogP contribution in [0.4, 0.5) is 11.4 Å². The number of hydrogen-bond donors (Lipinski definition) is 4. The summed E-state index contributed by atoms with van der Waals surface area (Å²) >= 11 is 0. The van der Waals surface area contributed by atoms with Gasteiger partial charge in [-0.05, 0) is 96.1 Å². The minimum atomic E-state index is 0.742. The zero-order chi connectivity index (χ0) is 28.5. The number of fused-ring (bicyclic) bond motifs is 8. The maximum absolute atomic E-state index is 5.88. The molecule has 6 N–H and O–H groups in total. The summed E-state index contributed by atoms with van der Waals surface area (Å²) in [5.74, 6) is 0. The molecule has 5 aromatic rings. The molecule has 6 heteroatoms. The monoisotopic (exact) mass is 544 g/mol. The average molecular weight is 545 g/mol. The molecule has 6 nitrogen and oxygen atoms in total. The van der Waals surface area contributed by atoms with Crippen LogP contribution in [0.5, 0.6) is 0 Å². The number of aromatic nitrogens is 4. The molecule has 0 aliphatic carbocycles. The number of rotatable bonds is 4. The second-order valence-electron chi connectivity index (χ2n) is 10.3. The first-order chi connectivity index (χ1) is 20.6. The maximum atomic E-state index is 5.88. The third-order valence-electron chi connectivity index (χ3n) is 7.24. The Labute approximate surface area is 243 Å². The fraction of sp³-hybridized carbons (Fsp3) is 0. The molecule has 0 radical (unpaired) electrons. The van der Waals surface area contributed by atoms with E-state index in [0.717, 1.165) is 78.5 Å². The molecule has 2 aliphatic rings. The Balaban J connectivity index is 1.42. The van der Waals surface area contributed by atoms with Gasteiger partial charge in [-0.15, -0.1) is 0 Å². The first-order valence-electron chi connectivity index (χ1n) is 13.7. The van der Waals surface area contributed by atoms with Crippen molar-refractivity contribution >= 4 is 82.0 Å². The van der Waals surface area contributed by atoms with E-state index in [-0.39, 0.29) is 0 Å². The average Bonchev–Trinajstić information content (AvgIpc) is 3.81. The van der Waals surface area contributed by atoms with Crippen LogP contribution in [0.15, 0.2) is 84.9 Å². The van der Waals surface area contributed by atoms with Crippen molar-refractivity contribution in [3.8, 4) is 0 Å². The fourth-order valence-corrected chi connectivity index (χ4v) is 5.04. The predicted octanol–water partition coefficient (Wildman–Crippen LogP) is 8.16. The summed E-state index contributed by atoms with van der Waals surface area (Å²) in [6, 6.07) is 28.0. The van der Waals surface area contributed by atoms with Crippen molar-refractivity contribution in [2.45, 2.75) is 0 Å². The topological polar surface area (TPSA) is 109 Å². The minimum absolute atomic E-state index is 0.742. The standard InChI is InChI=1S/C36H28N6/c37-25-7-1-23(2-8-25)5-15-31-33-17-11-27(39-33)21-29-13-19-35(41-29)32(16-6-24-3-9-26(38)10-4-24)36-20-14-30(42-36)22-28-12-18-34(31)40-28/h1-22,39,42H,37-38H2/b15-5+,16-6+,27-21?,28-22?,29-21?,30-22?,33-31?,34-31?,35-32?,36-32?. The Morgan fingerprint density at radius 2 is 0.905 bits per heavy atom. The summed E-state index contributed by atoms with van der Waals surface area (Å²) in [5, 5.41) is 0. The van der Waals surface area contributed by atoms with Crippen molar-refractivity contribution in [3.05, 3.63) is 130 Å². The van der Waals surface area contributed by atoms with Crippen LogP contribution in [-0.4, -0.2) is 19.9 Å². The van der Waals surface area contributed by atoms with Gasteiger partial charge in [0.25, 0.3) is 0 Å². The van der Waals surface area contributed by atoms with E-state index in [0.29, 0.717) is 0 Å². The van der Waals surface area contributed by atoms with Gasteiger partial charge < -0.3 is 21.4 Å². The molecule has 0 fully saturated rings. The van der Waals surface area contributed by atoms with Crippen molar-refractivity contribution in [1.29, 1.82) is 0 Å². The second kappa shape index (κ2) is 10.6. The number of nitrogens with zero attached hydrogens (tertiary/aromatic N) is 2. The molecule has 42 heavy (non-hydrogen) atoms. The van der Waals surface area contributed by atoms with E-state index in [4.69, 9.17) is 21.4 Å². The molecular formula is C36H28N6. The highest BCUT2D eigenvalue weighted by atomic mass is 14.8. The molecule has 0 atom stereocenters. The Kier molecular flexibility index (Phi) is 6.33. The van der Waals surface area contributed by atoms with Crippen molar-refractivity contribution in [2.24, 2.45) is 0 Å². The van der Waals surface area contributed by atoms with Crippen LogP contribution in [0.2, 0.25) is 0 Å². The van der Waals surface area contributed by atoms with Crippen LogP contribution in [0.1, 0.15) is 45.0 Å². The molecule has 3 aromatic heterocycles. The van der Waals surface area contributed by atoms with Crippen molar-refractivity contribution in [1.82, 2.24) is 19.9 Å². The van der Waals surface area contributed by atoms with Crippen LogP contribution in [0, 0.1) is 0 Å². The first kappa shape index (κ1) is 25.1. The third kappa shape index (κ3) is 5.29. The Morgan fingerprint density at radius 3 is 1.33 bits per heavy atom. The van der Waals surface area contributed by atoms with Gasteiger partial charge in [-0.2, -0.15) is 0 Å². The number of H-pyrrole nitrogens is 2. The highest BCUT2D eigenvalue weighted by Gasteiger charge is 2.09. The lowest BCUT2D eigenvalue weighted by atomic mass is 10.1. The molecule has 0 saturated carbocycles. The third-order valence-corrected chi connectivity index (χ3v) is 7.24. The summed E-state index contributed by atoms with van der Waals surface area (Å²) in [4.78, 5) is 17.1. The maximum Gasteiger partial charge on any atom is 0.0730 e. The SMILES string of the molecule is Nc1ccc(/C=C/c2c3nc(cc4ccc([nH]4)c(/C=C/c4ccc(N)cc4)c4nc(cc5ccc2[nH]5)C=C4)C=C3)cc1. The minimum Gasteiger partial charge on any atom is -0.399 e. The lowest BCUT2D eigenvalue weighted by Crippen LogP contribution is -1.85. The first-order valence-corrected chi connectivity index (χ1v) is 13.7. The van der Waals surface area contributed by atoms with Crippen molar-refractivity contribution in [3.63, 3.8) is 0 Å². The molecule has 8 bridgehead atoms. The summed E-state index contributed by atoms with van der Waals surface area (Å²) < 4.78 is 0. The Hall–Kier alpha value is -5.88. The van der Waals surface area contributed by atoms with E-state index in [1.165, 1.54) is 0 Å². The van der Waals surface area contributed by atoms with Gasteiger partial charge in [-0.3, -0.25) is 0 Å². The summed E-state index contributed by atoms with van der Waals surface area (Å²) in [6.45, 7) is 0. The number of nitrogen functional groups attached to an aromatic ring is 2. The van der Waals surface area contributed by atoms with Gasteiger partial charge in [-0.25, -0.2) is 9.97 Å². The van der Waals surface area contributed by atoms with E-state index in [1.54, 1.807) is 0 Å². The van der Waals surface area contributed by atoms with Crippen LogP contribution < -0.4 is 11.5 Å². The Morgan fingerprint density at radius 1 is 0.476 bits per heavy atom. The number of nitrogens with one attached hydrogen (secondary N) is 2. The molecule has 5 heterocycles. The predicted molar refractivity (Wildman–Crippen MR) is 178 cm³/mol. The smallest absolute Gasteiger partial charge is 0.0730 e. The molecule has 2 aliphatic heterocycles. The molecule has 0 amide bonds. The number of anilines is 2. The second-order valence-corrected chi connectivity index (χ2v) is 10.3. The molecule has 7 rings (SSSR count). The van der Waals surface area contributed by atoms with E-state index in [1.807, 2.05) is 60.7 Å². The molecule has 0 unspecified atom stereocenters. The molecular weight excluding hydrogens is 516 g/mol. The van der Waals surface area contributed by atoms with Gasteiger partial charge in [0.2, 0.25) is 0 Å². The number of benzene rings is 2. The fourth-order valence-electron chi connectivity index (χ4n) is 5.04. The molecule has 0 spiro atoms. The molecule has 0 saturated heterocycles. The van der Waals surface area contributed by atoms with Gasteiger partial charge in [0.05, 0.1) is 22.8 Å². The number of hydrogen-bond acceptors (Lipinski definition) is 4. The van der Waals surface area contributed by atoms with Gasteiger partial charge in [0.15, 0.2) is 0 Å². The Bertz CT molecular complexity index is 1930. The zero-order valence-electron chi connectivity index (χ0n) is 22.8. The molecule has 202 valence electrons. The van der Waals surface area contributed by atoms with E-state index >= 15 is 0 Å². The number of aromatic amines is 2. The van der Waals surface area contributed by atoms with Gasteiger partial charge >= 0.3 is 0 Å². The van der Waals surface area contributed by atoms with Crippen LogP contribution in [0.25, 0.3) is 70.7 Å². The highest BCUT2D eigenvalue weighted by molar-refractivity contribution is 5.89.